The van der Waals surface area contributed by atoms with E-state index in [0.717, 1.165) is 27.9 Å². The van der Waals surface area contributed by atoms with Crippen molar-refractivity contribution in [2.45, 2.75) is 38.8 Å². The van der Waals surface area contributed by atoms with Gasteiger partial charge >= 0.3 is 0 Å². The molecule has 1 rings (SSSR count). The maximum absolute atomic E-state index is 6.17. The Morgan fingerprint density at radius 3 is 2.65 bits per heavy atom. The van der Waals surface area contributed by atoms with E-state index in [1.165, 1.54) is 0 Å². The zero-order valence-corrected chi connectivity index (χ0v) is 12.6. The van der Waals surface area contributed by atoms with E-state index in [1.54, 1.807) is 0 Å². The van der Waals surface area contributed by atoms with Crippen LogP contribution in [0.3, 0.4) is 0 Å². The molecule has 1 aromatic carbocycles. The fraction of sp³-hybridized carbons (Fsp3) is 0.538. The van der Waals surface area contributed by atoms with Gasteiger partial charge in [0, 0.05) is 22.1 Å². The molecule has 4 heteroatoms. The quantitative estimate of drug-likeness (QED) is 0.865. The van der Waals surface area contributed by atoms with Gasteiger partial charge in [0.25, 0.3) is 0 Å². The highest BCUT2D eigenvalue weighted by Crippen LogP contribution is 2.23. The highest BCUT2D eigenvalue weighted by Gasteiger charge is 2.17. The van der Waals surface area contributed by atoms with Gasteiger partial charge in [0.1, 0.15) is 0 Å². The molecule has 96 valence electrons. The summed E-state index contributed by atoms with van der Waals surface area (Å²) in [6.45, 7) is 4.77. The third-order valence-corrected chi connectivity index (χ3v) is 3.58. The second-order valence-electron chi connectivity index (χ2n) is 4.01. The van der Waals surface area contributed by atoms with Crippen LogP contribution >= 0.6 is 27.5 Å². The van der Waals surface area contributed by atoms with Crippen molar-refractivity contribution >= 4 is 27.5 Å². The van der Waals surface area contributed by atoms with Crippen LogP contribution in [0.15, 0.2) is 22.7 Å². The van der Waals surface area contributed by atoms with Crippen LogP contribution in [0, 0.1) is 0 Å². The lowest BCUT2D eigenvalue weighted by molar-refractivity contribution is 0.0417. The maximum atomic E-state index is 6.17. The smallest absolute Gasteiger partial charge is 0.0726 e. The van der Waals surface area contributed by atoms with Gasteiger partial charge < -0.3 is 10.5 Å². The molecule has 0 aliphatic carbocycles. The molecule has 1 aromatic rings. The Labute approximate surface area is 117 Å². The van der Waals surface area contributed by atoms with E-state index in [-0.39, 0.29) is 12.1 Å². The van der Waals surface area contributed by atoms with E-state index >= 15 is 0 Å². The molecule has 2 nitrogen and oxygen atoms in total. The number of hydrogen-bond donors (Lipinski definition) is 1. The minimum absolute atomic E-state index is 0.0152. The summed E-state index contributed by atoms with van der Waals surface area (Å²) in [7, 11) is 0. The van der Waals surface area contributed by atoms with E-state index < -0.39 is 0 Å². The number of hydrogen-bond acceptors (Lipinski definition) is 2. The van der Waals surface area contributed by atoms with Crippen LogP contribution in [0.4, 0.5) is 0 Å². The van der Waals surface area contributed by atoms with Crippen molar-refractivity contribution in [3.63, 3.8) is 0 Å². The van der Waals surface area contributed by atoms with Crippen LogP contribution in [-0.4, -0.2) is 18.8 Å². The van der Waals surface area contributed by atoms with E-state index in [0.29, 0.717) is 6.61 Å². The van der Waals surface area contributed by atoms with Gasteiger partial charge in [0.15, 0.2) is 0 Å². The third kappa shape index (κ3) is 4.59. The fourth-order valence-electron chi connectivity index (χ4n) is 1.83. The van der Waals surface area contributed by atoms with Gasteiger partial charge in [-0.3, -0.25) is 0 Å². The third-order valence-electron chi connectivity index (χ3n) is 2.73. The van der Waals surface area contributed by atoms with Gasteiger partial charge in [0.2, 0.25) is 0 Å². The summed E-state index contributed by atoms with van der Waals surface area (Å²) in [4.78, 5) is 0. The second-order valence-corrected chi connectivity index (χ2v) is 5.33. The number of ether oxygens (including phenoxy) is 1. The predicted octanol–water partition coefficient (Wildman–Crippen LogP) is 3.79. The highest BCUT2D eigenvalue weighted by atomic mass is 79.9. The largest absolute Gasteiger partial charge is 0.377 e. The van der Waals surface area contributed by atoms with Gasteiger partial charge in [-0.2, -0.15) is 0 Å². The topological polar surface area (TPSA) is 35.2 Å². The summed E-state index contributed by atoms with van der Waals surface area (Å²) in [6, 6.07) is 5.87. The van der Waals surface area contributed by atoms with Crippen molar-refractivity contribution in [3.8, 4) is 0 Å². The van der Waals surface area contributed by atoms with Crippen molar-refractivity contribution in [3.05, 3.63) is 33.3 Å². The Balaban J connectivity index is 2.69. The van der Waals surface area contributed by atoms with Crippen molar-refractivity contribution < 1.29 is 4.74 Å². The summed E-state index contributed by atoms with van der Waals surface area (Å²) >= 11 is 9.56. The Bertz CT molecular complexity index is 359. The molecule has 0 bridgehead atoms. The zero-order valence-electron chi connectivity index (χ0n) is 10.2. The molecule has 2 unspecified atom stereocenters. The number of rotatable bonds is 6. The van der Waals surface area contributed by atoms with Crippen LogP contribution in [0.5, 0.6) is 0 Å². The molecule has 0 aromatic heterocycles. The fourth-order valence-corrected chi connectivity index (χ4v) is 2.58. The number of nitrogens with two attached hydrogens (primary N) is 1. The van der Waals surface area contributed by atoms with E-state index in [4.69, 9.17) is 22.1 Å². The predicted molar refractivity (Wildman–Crippen MR) is 76.5 cm³/mol. The number of benzene rings is 1. The van der Waals surface area contributed by atoms with Crippen molar-refractivity contribution in [2.24, 2.45) is 5.73 Å². The zero-order chi connectivity index (χ0) is 12.8. The summed E-state index contributed by atoms with van der Waals surface area (Å²) < 4.78 is 6.59. The van der Waals surface area contributed by atoms with Gasteiger partial charge in [-0.25, -0.2) is 0 Å². The van der Waals surface area contributed by atoms with Crippen molar-refractivity contribution in [1.29, 1.82) is 0 Å². The van der Waals surface area contributed by atoms with Crippen LogP contribution in [0.2, 0.25) is 5.02 Å². The first-order chi connectivity index (χ1) is 8.08. The van der Waals surface area contributed by atoms with Gasteiger partial charge in [-0.1, -0.05) is 40.5 Å². The minimum atomic E-state index is -0.0152. The lowest BCUT2D eigenvalue weighted by Gasteiger charge is -2.23. The van der Waals surface area contributed by atoms with Crippen LogP contribution in [-0.2, 0) is 11.2 Å². The SMILES string of the molecule is CCOC(CC)C(N)Cc1ccc(Br)cc1Cl. The first kappa shape index (κ1) is 15.0. The van der Waals surface area contributed by atoms with Gasteiger partial charge in [-0.05, 0) is 37.5 Å². The Morgan fingerprint density at radius 2 is 2.12 bits per heavy atom. The molecule has 2 atom stereocenters. The molecule has 0 aliphatic heterocycles. The number of halogens is 2. The molecule has 0 fully saturated rings. The molecule has 2 N–H and O–H groups in total. The molecule has 0 aliphatic rings. The average molecular weight is 321 g/mol. The van der Waals surface area contributed by atoms with Gasteiger partial charge in [0.05, 0.1) is 6.10 Å². The van der Waals surface area contributed by atoms with Crippen molar-refractivity contribution in [2.75, 3.05) is 6.61 Å². The molecule has 0 amide bonds. The lowest BCUT2D eigenvalue weighted by atomic mass is 10.0. The molecular formula is C13H19BrClNO. The first-order valence-corrected chi connectivity index (χ1v) is 7.06. The van der Waals surface area contributed by atoms with E-state index in [9.17, 15) is 0 Å². The normalized spacial score (nSPS) is 14.6. The minimum Gasteiger partial charge on any atom is -0.377 e. The molecule has 0 heterocycles. The molecule has 17 heavy (non-hydrogen) atoms. The Kier molecular flexibility index (Phi) is 6.49. The standard InChI is InChI=1S/C13H19BrClNO/c1-3-13(17-4-2)12(16)7-9-5-6-10(14)8-11(9)15/h5-6,8,12-13H,3-4,7,16H2,1-2H3. The summed E-state index contributed by atoms with van der Waals surface area (Å²) in [5, 5.41) is 0.751. The van der Waals surface area contributed by atoms with Crippen molar-refractivity contribution in [1.82, 2.24) is 0 Å². The van der Waals surface area contributed by atoms with Crippen LogP contribution < -0.4 is 5.73 Å². The Hall–Kier alpha value is -0.0900. The molecule has 0 spiro atoms. The van der Waals surface area contributed by atoms with E-state index in [1.807, 2.05) is 25.1 Å². The molecule has 0 saturated heterocycles. The molecule has 0 radical (unpaired) electrons. The second kappa shape index (κ2) is 7.37. The van der Waals surface area contributed by atoms with Crippen LogP contribution in [0.1, 0.15) is 25.8 Å². The summed E-state index contributed by atoms with van der Waals surface area (Å²) in [6.07, 6.45) is 1.76. The molecular weight excluding hydrogens is 302 g/mol. The summed E-state index contributed by atoms with van der Waals surface area (Å²) in [5.41, 5.74) is 7.23. The van der Waals surface area contributed by atoms with E-state index in [2.05, 4.69) is 22.9 Å². The first-order valence-electron chi connectivity index (χ1n) is 5.89. The highest BCUT2D eigenvalue weighted by molar-refractivity contribution is 9.10. The average Bonchev–Trinajstić information content (AvgIpc) is 2.29. The van der Waals surface area contributed by atoms with Crippen LogP contribution in [0.25, 0.3) is 0 Å². The molecule has 0 saturated carbocycles. The lowest BCUT2D eigenvalue weighted by Crippen LogP contribution is -2.38. The monoisotopic (exact) mass is 319 g/mol. The Morgan fingerprint density at radius 1 is 1.41 bits per heavy atom. The maximum Gasteiger partial charge on any atom is 0.0726 e. The summed E-state index contributed by atoms with van der Waals surface area (Å²) in [5.74, 6) is 0. The van der Waals surface area contributed by atoms with Gasteiger partial charge in [-0.15, -0.1) is 0 Å².